The highest BCUT2D eigenvalue weighted by atomic mass is 79.9. The monoisotopic (exact) mass is 593 g/mol. The van der Waals surface area contributed by atoms with Gasteiger partial charge in [-0.2, -0.15) is 0 Å². The SMILES string of the molecule is O=C1S/C(=C\c2cc(Br)ccc2OCc2ccccc2Cl)C(=O)N1CCOc1cccc2ccccc12. The van der Waals surface area contributed by atoms with Crippen molar-refractivity contribution in [3.8, 4) is 11.5 Å². The Morgan fingerprint density at radius 3 is 2.54 bits per heavy atom. The van der Waals surface area contributed by atoms with E-state index in [1.807, 2.05) is 84.9 Å². The molecule has 0 unspecified atom stereocenters. The minimum atomic E-state index is -0.353. The maximum absolute atomic E-state index is 13.1. The van der Waals surface area contributed by atoms with Gasteiger partial charge in [0.25, 0.3) is 11.1 Å². The number of halogens is 2. The molecular weight excluding hydrogens is 574 g/mol. The van der Waals surface area contributed by atoms with Gasteiger partial charge in [0.15, 0.2) is 0 Å². The van der Waals surface area contributed by atoms with Crippen LogP contribution in [0.1, 0.15) is 11.1 Å². The van der Waals surface area contributed by atoms with Gasteiger partial charge in [0.05, 0.1) is 11.4 Å². The second-order valence-electron chi connectivity index (χ2n) is 8.22. The average Bonchev–Trinajstić information content (AvgIpc) is 3.16. The number of hydrogen-bond acceptors (Lipinski definition) is 5. The van der Waals surface area contributed by atoms with Crippen LogP contribution in [0.4, 0.5) is 4.79 Å². The number of nitrogens with zero attached hydrogens (tertiary/aromatic N) is 1. The third-order valence-electron chi connectivity index (χ3n) is 5.80. The number of hydrogen-bond donors (Lipinski definition) is 0. The average molecular weight is 595 g/mol. The molecule has 0 aliphatic carbocycles. The summed E-state index contributed by atoms with van der Waals surface area (Å²) in [6.07, 6.45) is 1.68. The number of amides is 2. The summed E-state index contributed by atoms with van der Waals surface area (Å²) in [6, 6.07) is 26.7. The fraction of sp³-hybridized carbons (Fsp3) is 0.103. The molecule has 0 radical (unpaired) electrons. The molecule has 8 heteroatoms. The highest BCUT2D eigenvalue weighted by Crippen LogP contribution is 2.35. The fourth-order valence-corrected chi connectivity index (χ4v) is 5.36. The van der Waals surface area contributed by atoms with E-state index in [2.05, 4.69) is 15.9 Å². The van der Waals surface area contributed by atoms with Crippen molar-refractivity contribution >= 4 is 67.3 Å². The molecule has 0 atom stereocenters. The normalized spacial score (nSPS) is 14.5. The number of benzene rings is 4. The third kappa shape index (κ3) is 5.85. The Balaban J connectivity index is 1.28. The number of thioether (sulfide) groups is 1. The zero-order valence-corrected chi connectivity index (χ0v) is 22.7. The van der Waals surface area contributed by atoms with Gasteiger partial charge in [-0.3, -0.25) is 14.5 Å². The van der Waals surface area contributed by atoms with Crippen molar-refractivity contribution in [2.45, 2.75) is 6.61 Å². The van der Waals surface area contributed by atoms with Crippen LogP contribution in [0, 0.1) is 0 Å². The lowest BCUT2D eigenvalue weighted by Gasteiger charge is -2.14. The number of carbonyl (C=O) groups excluding carboxylic acids is 2. The maximum atomic E-state index is 13.1. The first-order chi connectivity index (χ1) is 18.0. The van der Waals surface area contributed by atoms with E-state index in [-0.39, 0.29) is 30.9 Å². The summed E-state index contributed by atoms with van der Waals surface area (Å²) in [6.45, 7) is 0.622. The number of carbonyl (C=O) groups is 2. The lowest BCUT2D eigenvalue weighted by Crippen LogP contribution is -2.32. The van der Waals surface area contributed by atoms with Gasteiger partial charge < -0.3 is 9.47 Å². The van der Waals surface area contributed by atoms with Crippen LogP contribution in [0.2, 0.25) is 5.02 Å². The standard InChI is InChI=1S/C29H21BrClNO4S/c30-22-12-13-25(36-18-20-7-2-4-10-24(20)31)21(16-22)17-27-28(33)32(29(34)37-27)14-15-35-26-11-5-8-19-6-1-3-9-23(19)26/h1-13,16-17H,14-15,18H2/b27-17-. The van der Waals surface area contributed by atoms with E-state index >= 15 is 0 Å². The van der Waals surface area contributed by atoms with Gasteiger partial charge >= 0.3 is 0 Å². The Bertz CT molecular complexity index is 1520. The van der Waals surface area contributed by atoms with E-state index in [9.17, 15) is 9.59 Å². The van der Waals surface area contributed by atoms with E-state index in [1.54, 1.807) is 6.08 Å². The molecule has 0 saturated carbocycles. The molecule has 2 amide bonds. The van der Waals surface area contributed by atoms with Crippen molar-refractivity contribution in [1.29, 1.82) is 0 Å². The Morgan fingerprint density at radius 2 is 1.68 bits per heavy atom. The molecule has 1 heterocycles. The lowest BCUT2D eigenvalue weighted by molar-refractivity contribution is -0.123. The molecule has 1 aliphatic rings. The summed E-state index contributed by atoms with van der Waals surface area (Å²) in [5.74, 6) is 0.942. The Kier molecular flexibility index (Phi) is 7.84. The van der Waals surface area contributed by atoms with Gasteiger partial charge in [-0.1, -0.05) is 82.1 Å². The first-order valence-electron chi connectivity index (χ1n) is 11.5. The molecule has 1 aliphatic heterocycles. The minimum Gasteiger partial charge on any atom is -0.491 e. The van der Waals surface area contributed by atoms with Gasteiger partial charge in [0, 0.05) is 26.0 Å². The molecule has 0 N–H and O–H groups in total. The topological polar surface area (TPSA) is 55.8 Å². The lowest BCUT2D eigenvalue weighted by atomic mass is 10.1. The van der Waals surface area contributed by atoms with Crippen LogP contribution in [0.15, 0.2) is 94.3 Å². The van der Waals surface area contributed by atoms with Crippen molar-refractivity contribution in [2.75, 3.05) is 13.2 Å². The number of rotatable bonds is 8. The molecule has 1 saturated heterocycles. The molecule has 4 aromatic carbocycles. The molecule has 186 valence electrons. The summed E-state index contributed by atoms with van der Waals surface area (Å²) in [5, 5.41) is 2.34. The van der Waals surface area contributed by atoms with Gasteiger partial charge in [-0.15, -0.1) is 0 Å². The summed E-state index contributed by atoms with van der Waals surface area (Å²) in [5.41, 5.74) is 1.53. The van der Waals surface area contributed by atoms with Gasteiger partial charge in [-0.25, -0.2) is 0 Å². The molecule has 5 rings (SSSR count). The Labute approximate surface area is 232 Å². The van der Waals surface area contributed by atoms with Crippen molar-refractivity contribution in [2.24, 2.45) is 0 Å². The highest BCUT2D eigenvalue weighted by molar-refractivity contribution is 9.10. The van der Waals surface area contributed by atoms with E-state index in [0.29, 0.717) is 21.2 Å². The van der Waals surface area contributed by atoms with Gasteiger partial charge in [-0.05, 0) is 53.6 Å². The number of fused-ring (bicyclic) bond motifs is 1. The van der Waals surface area contributed by atoms with Crippen LogP contribution >= 0.6 is 39.3 Å². The van der Waals surface area contributed by atoms with Crippen molar-refractivity contribution in [3.63, 3.8) is 0 Å². The van der Waals surface area contributed by atoms with E-state index < -0.39 is 0 Å². The van der Waals surface area contributed by atoms with Crippen LogP contribution in [0.3, 0.4) is 0 Å². The number of ether oxygens (including phenoxy) is 2. The zero-order valence-electron chi connectivity index (χ0n) is 19.5. The predicted molar refractivity (Wildman–Crippen MR) is 152 cm³/mol. The first kappa shape index (κ1) is 25.4. The van der Waals surface area contributed by atoms with Crippen molar-refractivity contribution in [3.05, 3.63) is 110 Å². The summed E-state index contributed by atoms with van der Waals surface area (Å²) < 4.78 is 12.8. The third-order valence-corrected chi connectivity index (χ3v) is 7.56. The smallest absolute Gasteiger partial charge is 0.293 e. The predicted octanol–water partition coefficient (Wildman–Crippen LogP) is 7.95. The summed E-state index contributed by atoms with van der Waals surface area (Å²) in [7, 11) is 0. The molecule has 1 fully saturated rings. The van der Waals surface area contributed by atoms with E-state index in [1.165, 1.54) is 4.90 Å². The second-order valence-corrected chi connectivity index (χ2v) is 10.5. The quantitative estimate of drug-likeness (QED) is 0.194. The molecule has 0 aromatic heterocycles. The first-order valence-corrected chi connectivity index (χ1v) is 13.5. The van der Waals surface area contributed by atoms with Crippen molar-refractivity contribution < 1.29 is 19.1 Å². The molecule has 0 spiro atoms. The molecule has 0 bridgehead atoms. The van der Waals surface area contributed by atoms with Crippen LogP contribution in [0.25, 0.3) is 16.8 Å². The summed E-state index contributed by atoms with van der Waals surface area (Å²) in [4.78, 5) is 27.3. The molecule has 37 heavy (non-hydrogen) atoms. The Hall–Kier alpha value is -3.26. The molecule has 5 nitrogen and oxygen atoms in total. The summed E-state index contributed by atoms with van der Waals surface area (Å²) >= 11 is 10.6. The van der Waals surface area contributed by atoms with E-state index in [0.717, 1.165) is 38.3 Å². The van der Waals surface area contributed by atoms with Crippen LogP contribution in [-0.4, -0.2) is 29.2 Å². The highest BCUT2D eigenvalue weighted by Gasteiger charge is 2.35. The number of imide groups is 1. The fourth-order valence-electron chi connectivity index (χ4n) is 3.94. The largest absolute Gasteiger partial charge is 0.491 e. The minimum absolute atomic E-state index is 0.152. The van der Waals surface area contributed by atoms with Gasteiger partial charge in [0.2, 0.25) is 0 Å². The van der Waals surface area contributed by atoms with Crippen LogP contribution in [-0.2, 0) is 11.4 Å². The van der Waals surface area contributed by atoms with Crippen LogP contribution < -0.4 is 9.47 Å². The molecular formula is C29H21BrClNO4S. The van der Waals surface area contributed by atoms with Gasteiger partial charge in [0.1, 0.15) is 24.7 Å². The van der Waals surface area contributed by atoms with E-state index in [4.69, 9.17) is 21.1 Å². The zero-order chi connectivity index (χ0) is 25.8. The van der Waals surface area contributed by atoms with Crippen LogP contribution in [0.5, 0.6) is 11.5 Å². The Morgan fingerprint density at radius 1 is 0.892 bits per heavy atom. The molecule has 4 aromatic rings. The maximum Gasteiger partial charge on any atom is 0.293 e. The second kappa shape index (κ2) is 11.4. The van der Waals surface area contributed by atoms with Crippen molar-refractivity contribution in [1.82, 2.24) is 4.90 Å².